The van der Waals surface area contributed by atoms with E-state index in [1.807, 2.05) is 0 Å². The van der Waals surface area contributed by atoms with Gasteiger partial charge in [-0.25, -0.2) is 4.39 Å². The summed E-state index contributed by atoms with van der Waals surface area (Å²) < 4.78 is 18.2. The van der Waals surface area contributed by atoms with Crippen molar-refractivity contribution in [2.45, 2.75) is 0 Å². The number of hydrogen-bond donors (Lipinski definition) is 2. The van der Waals surface area contributed by atoms with Crippen molar-refractivity contribution < 1.29 is 9.13 Å². The highest BCUT2D eigenvalue weighted by molar-refractivity contribution is 5.54. The van der Waals surface area contributed by atoms with Crippen LogP contribution in [-0.2, 0) is 0 Å². The van der Waals surface area contributed by atoms with Crippen molar-refractivity contribution in [2.24, 2.45) is 0 Å². The summed E-state index contributed by atoms with van der Waals surface area (Å²) in [4.78, 5) is 11.4. The molecule has 6 nitrogen and oxygen atoms in total. The van der Waals surface area contributed by atoms with Crippen LogP contribution in [0.1, 0.15) is 0 Å². The molecule has 1 aromatic heterocycles. The van der Waals surface area contributed by atoms with Crippen LogP contribution in [0.5, 0.6) is 6.01 Å². The second-order valence-electron chi connectivity index (χ2n) is 3.11. The van der Waals surface area contributed by atoms with Gasteiger partial charge in [0.15, 0.2) is 0 Å². The molecule has 0 unspecified atom stereocenters. The maximum absolute atomic E-state index is 13.4. The summed E-state index contributed by atoms with van der Waals surface area (Å²) in [5.41, 5.74) is 5.70. The molecule has 0 aliphatic rings. The molecular weight excluding hydrogens is 225 g/mol. The van der Waals surface area contributed by atoms with Crippen LogP contribution in [0, 0.1) is 5.82 Å². The summed E-state index contributed by atoms with van der Waals surface area (Å²) >= 11 is 0. The minimum atomic E-state index is -0.412. The predicted molar refractivity (Wildman–Crippen MR) is 60.5 cm³/mol. The fourth-order valence-electron chi connectivity index (χ4n) is 1.20. The molecule has 1 aromatic carbocycles. The largest absolute Gasteiger partial charge is 0.467 e. The normalized spacial score (nSPS) is 10.0. The van der Waals surface area contributed by atoms with E-state index in [2.05, 4.69) is 20.3 Å². The number of aromatic nitrogens is 3. The highest BCUT2D eigenvalue weighted by Gasteiger charge is 2.06. The van der Waals surface area contributed by atoms with E-state index in [0.29, 0.717) is 0 Å². The molecule has 1 heterocycles. The van der Waals surface area contributed by atoms with Crippen LogP contribution in [-0.4, -0.2) is 22.1 Å². The zero-order valence-electron chi connectivity index (χ0n) is 9.01. The van der Waals surface area contributed by atoms with Gasteiger partial charge in [-0.05, 0) is 12.1 Å². The average Bonchev–Trinajstić information content (AvgIpc) is 2.31. The first-order chi connectivity index (χ1) is 8.19. The molecule has 0 amide bonds. The molecule has 0 saturated heterocycles. The van der Waals surface area contributed by atoms with Gasteiger partial charge in [-0.1, -0.05) is 12.1 Å². The zero-order valence-corrected chi connectivity index (χ0v) is 9.01. The summed E-state index contributed by atoms with van der Waals surface area (Å²) in [6.45, 7) is 0. The van der Waals surface area contributed by atoms with Gasteiger partial charge < -0.3 is 15.8 Å². The van der Waals surface area contributed by atoms with Crippen molar-refractivity contribution in [1.29, 1.82) is 0 Å². The van der Waals surface area contributed by atoms with Crippen molar-refractivity contribution in [3.63, 3.8) is 0 Å². The number of methoxy groups -OCH3 is 1. The van der Waals surface area contributed by atoms with Gasteiger partial charge in [-0.3, -0.25) is 0 Å². The van der Waals surface area contributed by atoms with E-state index in [1.54, 1.807) is 18.2 Å². The number of anilines is 3. The molecule has 0 aliphatic carbocycles. The number of hydrogen-bond acceptors (Lipinski definition) is 6. The number of ether oxygens (including phenoxy) is 1. The van der Waals surface area contributed by atoms with Crippen molar-refractivity contribution in [2.75, 3.05) is 18.2 Å². The van der Waals surface area contributed by atoms with E-state index in [9.17, 15) is 4.39 Å². The molecule has 2 rings (SSSR count). The van der Waals surface area contributed by atoms with Crippen molar-refractivity contribution in [3.8, 4) is 6.01 Å². The average molecular weight is 235 g/mol. The second-order valence-corrected chi connectivity index (χ2v) is 3.11. The van der Waals surface area contributed by atoms with Crippen LogP contribution in [0.3, 0.4) is 0 Å². The number of nitrogens with one attached hydrogen (secondary N) is 1. The number of nitrogen functional groups attached to an aromatic ring is 1. The Labute approximate surface area is 96.7 Å². The molecule has 17 heavy (non-hydrogen) atoms. The Balaban J connectivity index is 2.30. The lowest BCUT2D eigenvalue weighted by atomic mass is 10.3. The third-order valence-corrected chi connectivity index (χ3v) is 1.94. The number of benzene rings is 1. The van der Waals surface area contributed by atoms with Crippen molar-refractivity contribution in [3.05, 3.63) is 30.1 Å². The molecule has 0 bridgehead atoms. The quantitative estimate of drug-likeness (QED) is 0.835. The summed E-state index contributed by atoms with van der Waals surface area (Å²) in [7, 11) is 1.40. The molecule has 0 spiro atoms. The second kappa shape index (κ2) is 4.60. The Hall–Kier alpha value is -2.44. The molecule has 0 saturated carbocycles. The van der Waals surface area contributed by atoms with E-state index in [0.717, 1.165) is 0 Å². The van der Waals surface area contributed by atoms with Crippen LogP contribution in [0.15, 0.2) is 24.3 Å². The molecule has 0 fully saturated rings. The fourth-order valence-corrected chi connectivity index (χ4v) is 1.20. The monoisotopic (exact) mass is 235 g/mol. The van der Waals surface area contributed by atoms with Gasteiger partial charge in [0, 0.05) is 0 Å². The number of rotatable bonds is 3. The van der Waals surface area contributed by atoms with Gasteiger partial charge in [-0.15, -0.1) is 0 Å². The Bertz CT molecular complexity index is 534. The summed E-state index contributed by atoms with van der Waals surface area (Å²) in [6, 6.07) is 6.22. The van der Waals surface area contributed by atoms with Gasteiger partial charge >= 0.3 is 6.01 Å². The number of para-hydroxylation sites is 1. The molecule has 0 radical (unpaired) electrons. The standard InChI is InChI=1S/C10H10FN5O/c1-17-10-15-8(12)14-9(16-10)13-7-5-3-2-4-6(7)11/h2-5H,1H3,(H3,12,13,14,15,16). The van der Waals surface area contributed by atoms with E-state index in [4.69, 9.17) is 10.5 Å². The Morgan fingerprint density at radius 3 is 2.71 bits per heavy atom. The van der Waals surface area contributed by atoms with Gasteiger partial charge in [0.2, 0.25) is 11.9 Å². The van der Waals surface area contributed by atoms with Gasteiger partial charge in [0.1, 0.15) is 5.82 Å². The highest BCUT2D eigenvalue weighted by atomic mass is 19.1. The van der Waals surface area contributed by atoms with Crippen LogP contribution in [0.2, 0.25) is 0 Å². The first kappa shape index (κ1) is 11.1. The number of nitrogens with zero attached hydrogens (tertiary/aromatic N) is 3. The van der Waals surface area contributed by atoms with Gasteiger partial charge in [0.25, 0.3) is 0 Å². The van der Waals surface area contributed by atoms with Crippen molar-refractivity contribution in [1.82, 2.24) is 15.0 Å². The van der Waals surface area contributed by atoms with Crippen LogP contribution >= 0.6 is 0 Å². The Morgan fingerprint density at radius 1 is 1.24 bits per heavy atom. The smallest absolute Gasteiger partial charge is 0.322 e. The molecule has 0 aliphatic heterocycles. The highest BCUT2D eigenvalue weighted by Crippen LogP contribution is 2.18. The molecule has 7 heteroatoms. The first-order valence-corrected chi connectivity index (χ1v) is 4.76. The predicted octanol–water partition coefficient (Wildman–Crippen LogP) is 1.35. The minimum absolute atomic E-state index is 0.00399. The lowest BCUT2D eigenvalue weighted by Gasteiger charge is -2.06. The van der Waals surface area contributed by atoms with Gasteiger partial charge in [0.05, 0.1) is 12.8 Å². The molecule has 2 aromatic rings. The molecule has 88 valence electrons. The van der Waals surface area contributed by atoms with E-state index < -0.39 is 5.82 Å². The fraction of sp³-hybridized carbons (Fsp3) is 0.100. The maximum atomic E-state index is 13.4. The van der Waals surface area contributed by atoms with Gasteiger partial charge in [-0.2, -0.15) is 15.0 Å². The minimum Gasteiger partial charge on any atom is -0.467 e. The van der Waals surface area contributed by atoms with Crippen molar-refractivity contribution >= 4 is 17.6 Å². The first-order valence-electron chi connectivity index (χ1n) is 4.76. The Kier molecular flexibility index (Phi) is 2.99. The summed E-state index contributed by atoms with van der Waals surface area (Å²) in [5.74, 6) is -0.291. The van der Waals surface area contributed by atoms with Crippen LogP contribution in [0.25, 0.3) is 0 Å². The van der Waals surface area contributed by atoms with E-state index >= 15 is 0 Å². The van der Waals surface area contributed by atoms with E-state index in [1.165, 1.54) is 13.2 Å². The summed E-state index contributed by atoms with van der Waals surface area (Å²) in [6.07, 6.45) is 0. The number of halogens is 1. The topological polar surface area (TPSA) is 86.0 Å². The lowest BCUT2D eigenvalue weighted by Crippen LogP contribution is -2.05. The number of nitrogens with two attached hydrogens (primary N) is 1. The molecular formula is C10H10FN5O. The zero-order chi connectivity index (χ0) is 12.3. The lowest BCUT2D eigenvalue weighted by molar-refractivity contribution is 0.380. The third kappa shape index (κ3) is 2.57. The SMILES string of the molecule is COc1nc(N)nc(Nc2ccccc2F)n1. The molecule has 3 N–H and O–H groups in total. The third-order valence-electron chi connectivity index (χ3n) is 1.94. The summed E-state index contributed by atoms with van der Waals surface area (Å²) in [5, 5.41) is 2.69. The van der Waals surface area contributed by atoms with Crippen LogP contribution < -0.4 is 15.8 Å². The molecule has 0 atom stereocenters. The van der Waals surface area contributed by atoms with E-state index in [-0.39, 0.29) is 23.6 Å². The Morgan fingerprint density at radius 2 is 2.00 bits per heavy atom. The maximum Gasteiger partial charge on any atom is 0.322 e. The van der Waals surface area contributed by atoms with Crippen LogP contribution in [0.4, 0.5) is 22.0 Å².